The highest BCUT2D eigenvalue weighted by molar-refractivity contribution is 6.02. The van der Waals surface area contributed by atoms with E-state index >= 15 is 0 Å². The van der Waals surface area contributed by atoms with Crippen LogP contribution in [-0.2, 0) is 4.74 Å². The molecular formula is C19H19N3O2. The SMILES string of the molecule is Oc1[nH]c2ccccc2c1C=Nc1ccccc1N1CCOCC1. The number of anilines is 1. The van der Waals surface area contributed by atoms with Gasteiger partial charge in [0.25, 0.3) is 0 Å². The summed E-state index contributed by atoms with van der Waals surface area (Å²) in [6.45, 7) is 3.21. The number of aliphatic imine (C=N–C) groups is 1. The number of aromatic hydroxyl groups is 1. The van der Waals surface area contributed by atoms with E-state index in [4.69, 9.17) is 4.74 Å². The number of aromatic amines is 1. The molecule has 2 heterocycles. The molecule has 0 bridgehead atoms. The van der Waals surface area contributed by atoms with Gasteiger partial charge in [-0.05, 0) is 18.2 Å². The fraction of sp³-hybridized carbons (Fsp3) is 0.211. The summed E-state index contributed by atoms with van der Waals surface area (Å²) in [6.07, 6.45) is 1.73. The van der Waals surface area contributed by atoms with Crippen molar-refractivity contribution in [3.63, 3.8) is 0 Å². The predicted molar refractivity (Wildman–Crippen MR) is 96.7 cm³/mol. The Morgan fingerprint density at radius 1 is 1.04 bits per heavy atom. The van der Waals surface area contributed by atoms with Crippen molar-refractivity contribution in [1.82, 2.24) is 4.98 Å². The van der Waals surface area contributed by atoms with Gasteiger partial charge >= 0.3 is 0 Å². The minimum absolute atomic E-state index is 0.142. The zero-order chi connectivity index (χ0) is 16.4. The molecule has 0 amide bonds. The summed E-state index contributed by atoms with van der Waals surface area (Å²) >= 11 is 0. The first-order valence-electron chi connectivity index (χ1n) is 8.08. The molecule has 4 rings (SSSR count). The summed E-state index contributed by atoms with van der Waals surface area (Å²) in [5.41, 5.74) is 3.60. The molecule has 122 valence electrons. The van der Waals surface area contributed by atoms with Crippen molar-refractivity contribution in [2.75, 3.05) is 31.2 Å². The van der Waals surface area contributed by atoms with Gasteiger partial charge in [-0.2, -0.15) is 0 Å². The summed E-state index contributed by atoms with van der Waals surface area (Å²) in [4.78, 5) is 9.91. The average Bonchev–Trinajstić information content (AvgIpc) is 2.96. The quantitative estimate of drug-likeness (QED) is 0.726. The Balaban J connectivity index is 1.70. The Labute approximate surface area is 140 Å². The average molecular weight is 321 g/mol. The number of ether oxygens (including phenoxy) is 1. The lowest BCUT2D eigenvalue weighted by Gasteiger charge is -2.29. The van der Waals surface area contributed by atoms with Crippen LogP contribution in [0.25, 0.3) is 10.9 Å². The highest BCUT2D eigenvalue weighted by Crippen LogP contribution is 2.30. The van der Waals surface area contributed by atoms with E-state index in [1.165, 1.54) is 0 Å². The number of hydrogen-bond donors (Lipinski definition) is 2. The van der Waals surface area contributed by atoms with Gasteiger partial charge < -0.3 is 19.7 Å². The molecule has 5 heteroatoms. The number of aromatic nitrogens is 1. The molecule has 1 aliphatic rings. The first-order valence-corrected chi connectivity index (χ1v) is 8.08. The van der Waals surface area contributed by atoms with Crippen LogP contribution < -0.4 is 4.90 Å². The predicted octanol–water partition coefficient (Wildman–Crippen LogP) is 3.46. The summed E-state index contributed by atoms with van der Waals surface area (Å²) in [5, 5.41) is 11.1. The maximum Gasteiger partial charge on any atom is 0.198 e. The number of fused-ring (bicyclic) bond motifs is 1. The highest BCUT2D eigenvalue weighted by atomic mass is 16.5. The number of H-pyrrole nitrogens is 1. The van der Waals surface area contributed by atoms with Crippen LogP contribution in [0.4, 0.5) is 11.4 Å². The number of benzene rings is 2. The maximum atomic E-state index is 10.2. The smallest absolute Gasteiger partial charge is 0.198 e. The van der Waals surface area contributed by atoms with Crippen LogP contribution in [0.2, 0.25) is 0 Å². The Morgan fingerprint density at radius 3 is 2.67 bits per heavy atom. The van der Waals surface area contributed by atoms with E-state index in [1.807, 2.05) is 42.5 Å². The summed E-state index contributed by atoms with van der Waals surface area (Å²) in [6, 6.07) is 15.9. The Kier molecular flexibility index (Phi) is 3.92. The third-order valence-corrected chi connectivity index (χ3v) is 4.29. The van der Waals surface area contributed by atoms with Crippen LogP contribution in [0.3, 0.4) is 0 Å². The lowest BCUT2D eigenvalue weighted by Crippen LogP contribution is -2.36. The second-order valence-corrected chi connectivity index (χ2v) is 5.78. The van der Waals surface area contributed by atoms with Gasteiger partial charge in [0.1, 0.15) is 0 Å². The highest BCUT2D eigenvalue weighted by Gasteiger charge is 2.14. The molecule has 0 aliphatic carbocycles. The van der Waals surface area contributed by atoms with Crippen molar-refractivity contribution in [2.45, 2.75) is 0 Å². The number of rotatable bonds is 3. The molecule has 1 saturated heterocycles. The van der Waals surface area contributed by atoms with E-state index < -0.39 is 0 Å². The van der Waals surface area contributed by atoms with Crippen LogP contribution in [0, 0.1) is 0 Å². The molecule has 0 saturated carbocycles. The van der Waals surface area contributed by atoms with Gasteiger partial charge in [-0.25, -0.2) is 0 Å². The van der Waals surface area contributed by atoms with E-state index in [1.54, 1.807) is 6.21 Å². The fourth-order valence-corrected chi connectivity index (χ4v) is 3.06. The van der Waals surface area contributed by atoms with E-state index in [0.717, 1.165) is 48.6 Å². The summed E-state index contributed by atoms with van der Waals surface area (Å²) < 4.78 is 5.43. The standard InChI is InChI=1S/C19H19N3O2/c23-19-15(14-5-1-2-6-16(14)21-19)13-20-17-7-3-4-8-18(17)22-9-11-24-12-10-22/h1-8,13,21,23H,9-12H2. The molecule has 0 radical (unpaired) electrons. The fourth-order valence-electron chi connectivity index (χ4n) is 3.06. The summed E-state index contributed by atoms with van der Waals surface area (Å²) in [5.74, 6) is 0.142. The number of morpholine rings is 1. The third-order valence-electron chi connectivity index (χ3n) is 4.29. The number of para-hydroxylation sites is 3. The molecule has 24 heavy (non-hydrogen) atoms. The van der Waals surface area contributed by atoms with Crippen molar-refractivity contribution < 1.29 is 9.84 Å². The molecule has 1 aromatic heterocycles. The van der Waals surface area contributed by atoms with E-state index in [9.17, 15) is 5.11 Å². The van der Waals surface area contributed by atoms with Gasteiger partial charge in [0.05, 0.1) is 30.2 Å². The maximum absolute atomic E-state index is 10.2. The first kappa shape index (κ1) is 14.8. The molecule has 3 aromatic rings. The van der Waals surface area contributed by atoms with Crippen LogP contribution in [0.5, 0.6) is 5.88 Å². The van der Waals surface area contributed by atoms with Gasteiger partial charge in [0.15, 0.2) is 5.88 Å². The van der Waals surface area contributed by atoms with E-state index in [2.05, 4.69) is 20.9 Å². The molecular weight excluding hydrogens is 302 g/mol. The first-order chi connectivity index (χ1) is 11.8. The van der Waals surface area contributed by atoms with Crippen molar-refractivity contribution in [1.29, 1.82) is 0 Å². The molecule has 1 aliphatic heterocycles. The third kappa shape index (κ3) is 2.74. The number of nitrogens with zero attached hydrogens (tertiary/aromatic N) is 2. The van der Waals surface area contributed by atoms with Crippen LogP contribution in [0.15, 0.2) is 53.5 Å². The Hall–Kier alpha value is -2.79. The molecule has 0 spiro atoms. The second kappa shape index (κ2) is 6.37. The van der Waals surface area contributed by atoms with E-state index in [0.29, 0.717) is 5.56 Å². The molecule has 2 N–H and O–H groups in total. The Morgan fingerprint density at radius 2 is 1.79 bits per heavy atom. The van der Waals surface area contributed by atoms with Crippen molar-refractivity contribution >= 4 is 28.5 Å². The Bertz CT molecular complexity index is 879. The molecule has 1 fully saturated rings. The zero-order valence-electron chi connectivity index (χ0n) is 13.3. The van der Waals surface area contributed by atoms with Gasteiger partial charge in [-0.15, -0.1) is 0 Å². The molecule has 2 aromatic carbocycles. The van der Waals surface area contributed by atoms with Gasteiger partial charge in [0.2, 0.25) is 0 Å². The normalized spacial score (nSPS) is 15.4. The molecule has 0 atom stereocenters. The van der Waals surface area contributed by atoms with Crippen molar-refractivity contribution in [3.05, 3.63) is 54.1 Å². The van der Waals surface area contributed by atoms with Crippen molar-refractivity contribution in [2.24, 2.45) is 4.99 Å². The van der Waals surface area contributed by atoms with Crippen LogP contribution in [-0.4, -0.2) is 42.6 Å². The largest absolute Gasteiger partial charge is 0.494 e. The number of nitrogens with one attached hydrogen (secondary N) is 1. The minimum Gasteiger partial charge on any atom is -0.494 e. The zero-order valence-corrected chi connectivity index (χ0v) is 13.3. The van der Waals surface area contributed by atoms with Gasteiger partial charge in [-0.1, -0.05) is 30.3 Å². The molecule has 0 unspecified atom stereocenters. The summed E-state index contributed by atoms with van der Waals surface area (Å²) in [7, 11) is 0. The minimum atomic E-state index is 0.142. The topological polar surface area (TPSA) is 60.8 Å². The second-order valence-electron chi connectivity index (χ2n) is 5.78. The lowest BCUT2D eigenvalue weighted by atomic mass is 10.2. The lowest BCUT2D eigenvalue weighted by molar-refractivity contribution is 0.123. The van der Waals surface area contributed by atoms with E-state index in [-0.39, 0.29) is 5.88 Å². The molecule has 5 nitrogen and oxygen atoms in total. The van der Waals surface area contributed by atoms with Gasteiger partial charge in [0, 0.05) is 30.2 Å². The van der Waals surface area contributed by atoms with Crippen LogP contribution in [0.1, 0.15) is 5.56 Å². The van der Waals surface area contributed by atoms with Crippen LogP contribution >= 0.6 is 0 Å². The monoisotopic (exact) mass is 321 g/mol. The van der Waals surface area contributed by atoms with Crippen molar-refractivity contribution in [3.8, 4) is 5.88 Å². The number of hydrogen-bond acceptors (Lipinski definition) is 4. The van der Waals surface area contributed by atoms with Gasteiger partial charge in [-0.3, -0.25) is 4.99 Å².